The van der Waals surface area contributed by atoms with Crippen LogP contribution in [0, 0.1) is 6.92 Å². The Hall–Kier alpha value is -3.99. The van der Waals surface area contributed by atoms with Gasteiger partial charge in [0, 0.05) is 11.6 Å². The summed E-state index contributed by atoms with van der Waals surface area (Å²) in [7, 11) is 0. The van der Waals surface area contributed by atoms with Crippen LogP contribution in [-0.2, 0) is 0 Å². The van der Waals surface area contributed by atoms with Crippen LogP contribution in [0.25, 0.3) is 11.0 Å². The van der Waals surface area contributed by atoms with Gasteiger partial charge in [0.2, 0.25) is 0 Å². The number of para-hydroxylation sites is 1. The minimum atomic E-state index is -0.766. The molecular formula is C24H17NO4. The van der Waals surface area contributed by atoms with Gasteiger partial charge < -0.3 is 9.15 Å². The number of rotatable bonds is 4. The van der Waals surface area contributed by atoms with Crippen molar-refractivity contribution in [2.45, 2.75) is 6.92 Å². The smallest absolute Gasteiger partial charge is 0.351 e. The second-order valence-electron chi connectivity index (χ2n) is 6.54. The average molecular weight is 383 g/mol. The van der Waals surface area contributed by atoms with Crippen LogP contribution in [0.5, 0.6) is 5.75 Å². The number of hydrogen-bond acceptors (Lipinski definition) is 5. The first-order valence-corrected chi connectivity index (χ1v) is 9.04. The predicted molar refractivity (Wildman–Crippen MR) is 112 cm³/mol. The van der Waals surface area contributed by atoms with Gasteiger partial charge in [-0.25, -0.2) is 9.59 Å². The Labute approximate surface area is 166 Å². The van der Waals surface area contributed by atoms with Gasteiger partial charge in [-0.1, -0.05) is 42.5 Å². The van der Waals surface area contributed by atoms with Crippen LogP contribution >= 0.6 is 0 Å². The third-order valence-corrected chi connectivity index (χ3v) is 4.29. The fourth-order valence-corrected chi connectivity index (χ4v) is 2.88. The number of carbonyl (C=O) groups excluding carboxylic acids is 1. The Morgan fingerprint density at radius 1 is 0.966 bits per heavy atom. The van der Waals surface area contributed by atoms with E-state index >= 15 is 0 Å². The second-order valence-corrected chi connectivity index (χ2v) is 6.54. The Balaban J connectivity index is 1.55. The summed E-state index contributed by atoms with van der Waals surface area (Å²) in [5.74, 6) is -0.451. The summed E-state index contributed by atoms with van der Waals surface area (Å²) < 4.78 is 10.6. The van der Waals surface area contributed by atoms with Crippen LogP contribution in [0.4, 0.5) is 5.69 Å². The highest BCUT2D eigenvalue weighted by Crippen LogP contribution is 2.18. The third-order valence-electron chi connectivity index (χ3n) is 4.29. The Bertz CT molecular complexity index is 1290. The summed E-state index contributed by atoms with van der Waals surface area (Å²) >= 11 is 0. The van der Waals surface area contributed by atoms with Gasteiger partial charge in [0.25, 0.3) is 0 Å². The van der Waals surface area contributed by atoms with Gasteiger partial charge in [0.05, 0.1) is 5.69 Å². The number of ether oxygens (including phenoxy) is 1. The van der Waals surface area contributed by atoms with Crippen molar-refractivity contribution in [3.05, 3.63) is 106 Å². The lowest BCUT2D eigenvalue weighted by atomic mass is 10.2. The van der Waals surface area contributed by atoms with Crippen LogP contribution in [0.2, 0.25) is 0 Å². The monoisotopic (exact) mass is 383 g/mol. The van der Waals surface area contributed by atoms with E-state index in [1.54, 1.807) is 48.7 Å². The normalized spacial score (nSPS) is 11.1. The Kier molecular flexibility index (Phi) is 5.03. The third kappa shape index (κ3) is 4.30. The standard InChI is InChI=1S/C24H17NO4/c1-16-6-4-9-19(12-16)25-15-17-7-5-10-20(13-17)28-23(26)21-14-18-8-2-3-11-22(18)29-24(21)27/h2-15H,1H3. The number of benzene rings is 3. The van der Waals surface area contributed by atoms with Gasteiger partial charge in [-0.05, 0) is 54.4 Å². The molecule has 0 bridgehead atoms. The molecule has 0 N–H and O–H groups in total. The molecule has 4 rings (SSSR count). The lowest BCUT2D eigenvalue weighted by Gasteiger charge is -2.05. The predicted octanol–water partition coefficient (Wildman–Crippen LogP) is 5.07. The number of nitrogens with zero attached hydrogens (tertiary/aromatic N) is 1. The molecular weight excluding hydrogens is 366 g/mol. The lowest BCUT2D eigenvalue weighted by Crippen LogP contribution is -2.18. The fraction of sp³-hybridized carbons (Fsp3) is 0.0417. The summed E-state index contributed by atoms with van der Waals surface area (Å²) in [6.45, 7) is 2.00. The molecule has 3 aromatic carbocycles. The van der Waals surface area contributed by atoms with E-state index in [9.17, 15) is 9.59 Å². The van der Waals surface area contributed by atoms with Gasteiger partial charge in [-0.2, -0.15) is 0 Å². The van der Waals surface area contributed by atoms with E-state index in [0.717, 1.165) is 16.8 Å². The van der Waals surface area contributed by atoms with Crippen molar-refractivity contribution < 1.29 is 13.9 Å². The minimum absolute atomic E-state index is 0.150. The molecule has 0 amide bonds. The number of carbonyl (C=O) groups is 1. The molecule has 0 atom stereocenters. The van der Waals surface area contributed by atoms with Crippen LogP contribution < -0.4 is 10.4 Å². The zero-order valence-electron chi connectivity index (χ0n) is 15.7. The van der Waals surface area contributed by atoms with Crippen molar-refractivity contribution in [3.63, 3.8) is 0 Å². The number of esters is 1. The molecule has 0 aliphatic carbocycles. The van der Waals surface area contributed by atoms with Gasteiger partial charge in [0.15, 0.2) is 0 Å². The average Bonchev–Trinajstić information content (AvgIpc) is 2.72. The maximum absolute atomic E-state index is 12.5. The summed E-state index contributed by atoms with van der Waals surface area (Å²) in [5.41, 5.74) is 2.26. The molecule has 5 nitrogen and oxygen atoms in total. The lowest BCUT2D eigenvalue weighted by molar-refractivity contribution is 0.0730. The molecule has 0 saturated heterocycles. The number of aliphatic imine (C=N–C) groups is 1. The molecule has 0 radical (unpaired) electrons. The summed E-state index contributed by atoms with van der Waals surface area (Å²) in [6.07, 6.45) is 1.69. The second kappa shape index (κ2) is 7.94. The molecule has 0 unspecified atom stereocenters. The number of aryl methyl sites for hydroxylation is 1. The molecule has 0 aliphatic rings. The Morgan fingerprint density at radius 2 is 1.79 bits per heavy atom. The highest BCUT2D eigenvalue weighted by atomic mass is 16.5. The summed E-state index contributed by atoms with van der Waals surface area (Å²) in [4.78, 5) is 29.1. The number of hydrogen-bond donors (Lipinski definition) is 0. The first-order valence-electron chi connectivity index (χ1n) is 9.04. The largest absolute Gasteiger partial charge is 0.423 e. The first-order chi connectivity index (χ1) is 14.1. The zero-order chi connectivity index (χ0) is 20.2. The molecule has 0 fully saturated rings. The first kappa shape index (κ1) is 18.4. The molecule has 0 spiro atoms. The highest BCUT2D eigenvalue weighted by Gasteiger charge is 2.16. The van der Waals surface area contributed by atoms with E-state index in [2.05, 4.69) is 4.99 Å². The molecule has 29 heavy (non-hydrogen) atoms. The summed E-state index contributed by atoms with van der Waals surface area (Å²) in [5, 5.41) is 0.651. The highest BCUT2D eigenvalue weighted by molar-refractivity contribution is 5.94. The Morgan fingerprint density at radius 3 is 2.66 bits per heavy atom. The van der Waals surface area contributed by atoms with Crippen molar-refractivity contribution in [2.24, 2.45) is 4.99 Å². The van der Waals surface area contributed by atoms with Crippen molar-refractivity contribution in [2.75, 3.05) is 0 Å². The van der Waals surface area contributed by atoms with E-state index in [-0.39, 0.29) is 5.56 Å². The topological polar surface area (TPSA) is 68.9 Å². The molecule has 5 heteroatoms. The molecule has 1 aromatic heterocycles. The van der Waals surface area contributed by atoms with Crippen molar-refractivity contribution in [1.82, 2.24) is 0 Å². The zero-order valence-corrected chi connectivity index (χ0v) is 15.7. The van der Waals surface area contributed by atoms with E-state index in [4.69, 9.17) is 9.15 Å². The molecule has 0 aliphatic heterocycles. The van der Waals surface area contributed by atoms with Crippen LogP contribution in [0.15, 0.2) is 93.1 Å². The molecule has 0 saturated carbocycles. The maximum atomic E-state index is 12.5. The van der Waals surface area contributed by atoms with Crippen molar-refractivity contribution in [1.29, 1.82) is 0 Å². The number of fused-ring (bicyclic) bond motifs is 1. The van der Waals surface area contributed by atoms with Gasteiger partial charge in [-0.3, -0.25) is 4.99 Å². The van der Waals surface area contributed by atoms with E-state index < -0.39 is 11.6 Å². The quantitative estimate of drug-likeness (QED) is 0.213. The van der Waals surface area contributed by atoms with E-state index in [0.29, 0.717) is 16.7 Å². The van der Waals surface area contributed by atoms with Crippen molar-refractivity contribution >= 4 is 28.8 Å². The van der Waals surface area contributed by atoms with E-state index in [1.807, 2.05) is 37.3 Å². The van der Waals surface area contributed by atoms with Gasteiger partial charge in [-0.15, -0.1) is 0 Å². The summed E-state index contributed by atoms with van der Waals surface area (Å²) in [6, 6.07) is 23.2. The fourth-order valence-electron chi connectivity index (χ4n) is 2.88. The van der Waals surface area contributed by atoms with Crippen LogP contribution in [-0.4, -0.2) is 12.2 Å². The van der Waals surface area contributed by atoms with Gasteiger partial charge in [0.1, 0.15) is 16.9 Å². The van der Waals surface area contributed by atoms with Crippen LogP contribution in [0.1, 0.15) is 21.5 Å². The van der Waals surface area contributed by atoms with Gasteiger partial charge >= 0.3 is 11.6 Å². The molecule has 142 valence electrons. The maximum Gasteiger partial charge on any atom is 0.351 e. The molecule has 1 heterocycles. The van der Waals surface area contributed by atoms with Crippen LogP contribution in [0.3, 0.4) is 0 Å². The van der Waals surface area contributed by atoms with E-state index in [1.165, 1.54) is 6.07 Å². The van der Waals surface area contributed by atoms with Crippen molar-refractivity contribution in [3.8, 4) is 5.75 Å². The molecule has 4 aromatic rings. The minimum Gasteiger partial charge on any atom is -0.423 e. The SMILES string of the molecule is Cc1cccc(N=Cc2cccc(OC(=O)c3cc4ccccc4oc3=O)c2)c1.